The number of rotatable bonds is 2. The van der Waals surface area contributed by atoms with Crippen molar-refractivity contribution in [2.75, 3.05) is 5.32 Å². The van der Waals surface area contributed by atoms with Crippen molar-refractivity contribution in [2.45, 2.75) is 6.92 Å². The lowest BCUT2D eigenvalue weighted by Crippen LogP contribution is -1.95. The molecule has 0 aromatic carbocycles. The molecule has 0 spiro atoms. The molecule has 2 rings (SSSR count). The van der Waals surface area contributed by atoms with Crippen LogP contribution in [0.15, 0.2) is 36.7 Å². The molecule has 0 radical (unpaired) electrons. The first-order valence-corrected chi connectivity index (χ1v) is 4.94. The normalized spacial score (nSPS) is 10.0. The van der Waals surface area contributed by atoms with Gasteiger partial charge in [-0.05, 0) is 30.7 Å². The van der Waals surface area contributed by atoms with Gasteiger partial charge in [0, 0.05) is 18.1 Å². The molecule has 0 aliphatic heterocycles. The number of aryl methyl sites for hydroxylation is 1. The van der Waals surface area contributed by atoms with E-state index in [1.54, 1.807) is 18.5 Å². The summed E-state index contributed by atoms with van der Waals surface area (Å²) in [6.45, 7) is 1.97. The molecule has 2 aromatic heterocycles. The number of pyridine rings is 2. The van der Waals surface area contributed by atoms with Gasteiger partial charge in [0.05, 0.1) is 0 Å². The highest BCUT2D eigenvalue weighted by Gasteiger charge is 2.00. The van der Waals surface area contributed by atoms with Crippen LogP contribution < -0.4 is 5.32 Å². The second-order valence-electron chi connectivity index (χ2n) is 3.16. The highest BCUT2D eigenvalue weighted by molar-refractivity contribution is 6.29. The van der Waals surface area contributed by atoms with E-state index >= 15 is 0 Å². The van der Waals surface area contributed by atoms with Crippen LogP contribution in [0.4, 0.5) is 11.5 Å². The van der Waals surface area contributed by atoms with Gasteiger partial charge in [0.1, 0.15) is 11.0 Å². The summed E-state index contributed by atoms with van der Waals surface area (Å²) in [5.41, 5.74) is 1.96. The van der Waals surface area contributed by atoms with E-state index in [9.17, 15) is 0 Å². The molecule has 3 nitrogen and oxygen atoms in total. The van der Waals surface area contributed by atoms with Crippen molar-refractivity contribution in [3.63, 3.8) is 0 Å². The smallest absolute Gasteiger partial charge is 0.131 e. The summed E-state index contributed by atoms with van der Waals surface area (Å²) < 4.78 is 0. The standard InChI is InChI=1S/C11H10ClN3/c1-8-7-14-10(12)6-9(8)15-11-4-2-3-5-13-11/h2-7H,1H3,(H,13,14,15). The van der Waals surface area contributed by atoms with Crippen LogP contribution in [-0.4, -0.2) is 9.97 Å². The van der Waals surface area contributed by atoms with E-state index < -0.39 is 0 Å². The number of anilines is 2. The average molecular weight is 220 g/mol. The van der Waals surface area contributed by atoms with E-state index in [1.165, 1.54) is 0 Å². The van der Waals surface area contributed by atoms with Crippen LogP contribution >= 0.6 is 11.6 Å². The molecule has 0 fully saturated rings. The Morgan fingerprint density at radius 3 is 2.87 bits per heavy atom. The average Bonchev–Trinajstić information content (AvgIpc) is 2.25. The number of hydrogen-bond donors (Lipinski definition) is 1. The largest absolute Gasteiger partial charge is 0.340 e. The third-order valence-corrected chi connectivity index (χ3v) is 2.20. The molecule has 0 saturated carbocycles. The lowest BCUT2D eigenvalue weighted by atomic mass is 10.2. The van der Waals surface area contributed by atoms with Crippen molar-refractivity contribution < 1.29 is 0 Å². The van der Waals surface area contributed by atoms with Crippen LogP contribution in [-0.2, 0) is 0 Å². The zero-order chi connectivity index (χ0) is 10.7. The fourth-order valence-corrected chi connectivity index (χ4v) is 1.37. The van der Waals surface area contributed by atoms with Crippen LogP contribution in [0.1, 0.15) is 5.56 Å². The molecule has 0 aliphatic rings. The van der Waals surface area contributed by atoms with Gasteiger partial charge in [-0.15, -0.1) is 0 Å². The minimum absolute atomic E-state index is 0.471. The molecular formula is C11H10ClN3. The quantitative estimate of drug-likeness (QED) is 0.789. The molecular weight excluding hydrogens is 210 g/mol. The van der Waals surface area contributed by atoms with Gasteiger partial charge >= 0.3 is 0 Å². The molecule has 4 heteroatoms. The first-order chi connectivity index (χ1) is 7.25. The van der Waals surface area contributed by atoms with Crippen molar-refractivity contribution >= 4 is 23.1 Å². The third kappa shape index (κ3) is 2.44. The lowest BCUT2D eigenvalue weighted by molar-refractivity contribution is 1.24. The highest BCUT2D eigenvalue weighted by Crippen LogP contribution is 2.20. The fourth-order valence-electron chi connectivity index (χ4n) is 1.21. The van der Waals surface area contributed by atoms with Crippen LogP contribution in [0.3, 0.4) is 0 Å². The molecule has 0 unspecified atom stereocenters. The van der Waals surface area contributed by atoms with Gasteiger partial charge in [-0.25, -0.2) is 9.97 Å². The maximum Gasteiger partial charge on any atom is 0.131 e. The zero-order valence-corrected chi connectivity index (χ0v) is 8.99. The fraction of sp³-hybridized carbons (Fsp3) is 0.0909. The van der Waals surface area contributed by atoms with E-state index in [1.807, 2.05) is 25.1 Å². The van der Waals surface area contributed by atoms with Gasteiger partial charge in [-0.3, -0.25) is 0 Å². The molecule has 0 aliphatic carbocycles. The predicted octanol–water partition coefficient (Wildman–Crippen LogP) is 3.18. The van der Waals surface area contributed by atoms with E-state index in [0.717, 1.165) is 17.1 Å². The zero-order valence-electron chi connectivity index (χ0n) is 8.24. The second-order valence-corrected chi connectivity index (χ2v) is 3.55. The molecule has 2 aromatic rings. The Bertz CT molecular complexity index is 457. The minimum atomic E-state index is 0.471. The van der Waals surface area contributed by atoms with E-state index in [0.29, 0.717) is 5.15 Å². The summed E-state index contributed by atoms with van der Waals surface area (Å²) in [5, 5.41) is 3.65. The predicted molar refractivity (Wildman–Crippen MR) is 61.5 cm³/mol. The Balaban J connectivity index is 2.28. The Morgan fingerprint density at radius 1 is 1.27 bits per heavy atom. The molecule has 2 heterocycles. The summed E-state index contributed by atoms with van der Waals surface area (Å²) in [6.07, 6.45) is 3.47. The molecule has 1 N–H and O–H groups in total. The topological polar surface area (TPSA) is 37.8 Å². The summed E-state index contributed by atoms with van der Waals surface area (Å²) in [5.74, 6) is 0.794. The first-order valence-electron chi connectivity index (χ1n) is 4.56. The van der Waals surface area contributed by atoms with Crippen molar-refractivity contribution in [3.8, 4) is 0 Å². The van der Waals surface area contributed by atoms with Crippen LogP contribution in [0.2, 0.25) is 5.15 Å². The summed E-state index contributed by atoms with van der Waals surface area (Å²) in [6, 6.07) is 7.48. The van der Waals surface area contributed by atoms with Gasteiger partial charge < -0.3 is 5.32 Å². The maximum absolute atomic E-state index is 5.81. The van der Waals surface area contributed by atoms with Gasteiger partial charge in [0.25, 0.3) is 0 Å². The van der Waals surface area contributed by atoms with Crippen molar-refractivity contribution in [1.29, 1.82) is 0 Å². The van der Waals surface area contributed by atoms with Crippen LogP contribution in [0.5, 0.6) is 0 Å². The van der Waals surface area contributed by atoms with Gasteiger partial charge in [-0.2, -0.15) is 0 Å². The summed E-state index contributed by atoms with van der Waals surface area (Å²) in [4.78, 5) is 8.16. The third-order valence-electron chi connectivity index (χ3n) is 2.00. The molecule has 0 amide bonds. The van der Waals surface area contributed by atoms with Gasteiger partial charge in [-0.1, -0.05) is 17.7 Å². The Kier molecular flexibility index (Phi) is 2.83. The number of aromatic nitrogens is 2. The second kappa shape index (κ2) is 4.28. The van der Waals surface area contributed by atoms with E-state index in [2.05, 4.69) is 15.3 Å². The van der Waals surface area contributed by atoms with Crippen LogP contribution in [0.25, 0.3) is 0 Å². The maximum atomic E-state index is 5.81. The number of nitrogens with one attached hydrogen (secondary N) is 1. The Labute approximate surface area is 93.1 Å². The number of halogens is 1. The lowest BCUT2D eigenvalue weighted by Gasteiger charge is -2.07. The summed E-state index contributed by atoms with van der Waals surface area (Å²) >= 11 is 5.81. The van der Waals surface area contributed by atoms with Crippen LogP contribution in [0, 0.1) is 6.92 Å². The van der Waals surface area contributed by atoms with Crippen molar-refractivity contribution in [2.24, 2.45) is 0 Å². The van der Waals surface area contributed by atoms with Crippen molar-refractivity contribution in [1.82, 2.24) is 9.97 Å². The summed E-state index contributed by atoms with van der Waals surface area (Å²) in [7, 11) is 0. The Hall–Kier alpha value is -1.61. The van der Waals surface area contributed by atoms with Crippen molar-refractivity contribution in [3.05, 3.63) is 47.4 Å². The van der Waals surface area contributed by atoms with E-state index in [4.69, 9.17) is 11.6 Å². The highest BCUT2D eigenvalue weighted by atomic mass is 35.5. The molecule has 76 valence electrons. The van der Waals surface area contributed by atoms with E-state index in [-0.39, 0.29) is 0 Å². The molecule has 0 saturated heterocycles. The number of nitrogens with zero attached hydrogens (tertiary/aromatic N) is 2. The monoisotopic (exact) mass is 219 g/mol. The Morgan fingerprint density at radius 2 is 2.13 bits per heavy atom. The SMILES string of the molecule is Cc1cnc(Cl)cc1Nc1ccccn1. The van der Waals surface area contributed by atoms with Gasteiger partial charge in [0.2, 0.25) is 0 Å². The first kappa shape index (κ1) is 9.93. The minimum Gasteiger partial charge on any atom is -0.340 e. The molecule has 0 bridgehead atoms. The molecule has 0 atom stereocenters. The van der Waals surface area contributed by atoms with Gasteiger partial charge in [0.15, 0.2) is 0 Å². The molecule has 15 heavy (non-hydrogen) atoms. The number of hydrogen-bond acceptors (Lipinski definition) is 3.